The average molecular weight is 982 g/mol. The van der Waals surface area contributed by atoms with Gasteiger partial charge in [0.2, 0.25) is 0 Å². The van der Waals surface area contributed by atoms with Crippen molar-refractivity contribution in [2.75, 3.05) is 13.2 Å². The fraction of sp³-hybridized carbons (Fsp3) is 0.828. The summed E-state index contributed by atoms with van der Waals surface area (Å²) in [5, 5.41) is 0. The van der Waals surface area contributed by atoms with Crippen LogP contribution in [0.5, 0.6) is 0 Å². The van der Waals surface area contributed by atoms with E-state index < -0.39 is 6.10 Å². The molecule has 6 nitrogen and oxygen atoms in total. The van der Waals surface area contributed by atoms with E-state index in [9.17, 15) is 14.4 Å². The quantitative estimate of drug-likeness (QED) is 0.0261. The number of ether oxygens (including phenoxy) is 3. The van der Waals surface area contributed by atoms with E-state index in [0.29, 0.717) is 19.3 Å². The van der Waals surface area contributed by atoms with E-state index in [1.54, 1.807) is 0 Å². The molecular formula is C64H116O6. The van der Waals surface area contributed by atoms with E-state index in [0.717, 1.165) is 77.0 Å². The highest BCUT2D eigenvalue weighted by Gasteiger charge is 2.19. The number of carbonyl (C=O) groups excluding carboxylic acids is 3. The lowest BCUT2D eigenvalue weighted by Crippen LogP contribution is -2.30. The standard InChI is InChI=1S/C64H116O6/c1-4-7-10-13-16-19-22-25-27-28-29-30-31-32-33-34-35-36-38-39-42-45-48-51-54-57-63(66)69-60-61(59-68-62(65)56-53-50-47-44-41-24-21-18-15-12-9-6-3)70-64(67)58-55-52-49-46-43-40-37-26-23-20-17-14-11-8-5-2/h22,25-26,28-29,31-32,37,61H,4-21,23-24,27,30,33-36,38-60H2,1-3H3/b25-22-,29-28-,32-31-,37-26-. The molecule has 0 N–H and O–H groups in total. The molecule has 0 aromatic carbocycles. The fourth-order valence-corrected chi connectivity index (χ4v) is 8.92. The second-order valence-corrected chi connectivity index (χ2v) is 20.6. The van der Waals surface area contributed by atoms with E-state index in [4.69, 9.17) is 14.2 Å². The van der Waals surface area contributed by atoms with Crippen LogP contribution in [0.1, 0.15) is 323 Å². The van der Waals surface area contributed by atoms with E-state index >= 15 is 0 Å². The molecule has 0 rings (SSSR count). The van der Waals surface area contributed by atoms with Crippen LogP contribution in [0.25, 0.3) is 0 Å². The number of carbonyl (C=O) groups is 3. The maximum Gasteiger partial charge on any atom is 0.306 e. The summed E-state index contributed by atoms with van der Waals surface area (Å²) in [6.45, 7) is 6.65. The minimum atomic E-state index is -0.776. The van der Waals surface area contributed by atoms with Gasteiger partial charge >= 0.3 is 17.9 Å². The molecule has 0 spiro atoms. The Labute approximate surface area is 435 Å². The van der Waals surface area contributed by atoms with Crippen LogP contribution in [-0.2, 0) is 28.6 Å². The van der Waals surface area contributed by atoms with E-state index in [-0.39, 0.29) is 31.1 Å². The molecule has 0 fully saturated rings. The molecule has 0 aliphatic carbocycles. The van der Waals surface area contributed by atoms with Gasteiger partial charge in [-0.3, -0.25) is 14.4 Å². The first-order valence-corrected chi connectivity index (χ1v) is 30.6. The van der Waals surface area contributed by atoms with Crippen molar-refractivity contribution in [2.24, 2.45) is 0 Å². The molecule has 0 bridgehead atoms. The molecule has 0 aromatic heterocycles. The predicted octanol–water partition coefficient (Wildman–Crippen LogP) is 20.6. The molecule has 0 amide bonds. The molecule has 0 aromatic rings. The molecule has 0 saturated heterocycles. The maximum atomic E-state index is 12.9. The number of hydrogen-bond donors (Lipinski definition) is 0. The Morgan fingerprint density at radius 2 is 0.514 bits per heavy atom. The summed E-state index contributed by atoms with van der Waals surface area (Å²) in [6, 6.07) is 0. The van der Waals surface area contributed by atoms with Crippen LogP contribution in [0, 0.1) is 0 Å². The predicted molar refractivity (Wildman–Crippen MR) is 302 cm³/mol. The molecule has 70 heavy (non-hydrogen) atoms. The zero-order chi connectivity index (χ0) is 50.7. The van der Waals surface area contributed by atoms with Gasteiger partial charge in [0.1, 0.15) is 13.2 Å². The van der Waals surface area contributed by atoms with Gasteiger partial charge in [-0.15, -0.1) is 0 Å². The Morgan fingerprint density at radius 1 is 0.286 bits per heavy atom. The van der Waals surface area contributed by atoms with Crippen LogP contribution in [0.4, 0.5) is 0 Å². The Morgan fingerprint density at radius 3 is 0.814 bits per heavy atom. The van der Waals surface area contributed by atoms with Crippen molar-refractivity contribution >= 4 is 17.9 Å². The molecule has 6 heteroatoms. The van der Waals surface area contributed by atoms with Crippen LogP contribution >= 0.6 is 0 Å². The lowest BCUT2D eigenvalue weighted by Gasteiger charge is -2.18. The molecule has 0 heterocycles. The van der Waals surface area contributed by atoms with Crippen molar-refractivity contribution in [3.8, 4) is 0 Å². The molecule has 1 atom stereocenters. The molecule has 0 radical (unpaired) electrons. The van der Waals surface area contributed by atoms with Gasteiger partial charge in [-0.05, 0) is 83.5 Å². The summed E-state index contributed by atoms with van der Waals surface area (Å²) in [7, 11) is 0. The fourth-order valence-electron chi connectivity index (χ4n) is 8.92. The second-order valence-electron chi connectivity index (χ2n) is 20.6. The molecule has 0 aliphatic rings. The normalized spacial score (nSPS) is 12.3. The van der Waals surface area contributed by atoms with Crippen LogP contribution in [0.2, 0.25) is 0 Å². The number of unbranched alkanes of at least 4 members (excludes halogenated alkanes) is 37. The van der Waals surface area contributed by atoms with Crippen molar-refractivity contribution in [3.05, 3.63) is 48.6 Å². The third-order valence-corrected chi connectivity index (χ3v) is 13.6. The van der Waals surface area contributed by atoms with Crippen LogP contribution < -0.4 is 0 Å². The molecule has 0 saturated carbocycles. The highest BCUT2D eigenvalue weighted by Crippen LogP contribution is 2.16. The van der Waals surface area contributed by atoms with Gasteiger partial charge in [0, 0.05) is 19.3 Å². The Balaban J connectivity index is 4.27. The first-order valence-electron chi connectivity index (χ1n) is 30.6. The third-order valence-electron chi connectivity index (χ3n) is 13.6. The minimum Gasteiger partial charge on any atom is -0.462 e. The second kappa shape index (κ2) is 58.9. The van der Waals surface area contributed by atoms with E-state index in [1.807, 2.05) is 0 Å². The summed E-state index contributed by atoms with van der Waals surface area (Å²) >= 11 is 0. The SMILES string of the molecule is CCCCCCC/C=C\C/C=C\C/C=C\CCCCCCCCCCCCC(=O)OCC(COC(=O)CCCCCCCCCCCCCC)OC(=O)CCCCCCC/C=C\CCCCCCCC. The van der Waals surface area contributed by atoms with Crippen molar-refractivity contribution in [3.63, 3.8) is 0 Å². The first-order chi connectivity index (χ1) is 34.5. The Hall–Kier alpha value is -2.63. The largest absolute Gasteiger partial charge is 0.462 e. The van der Waals surface area contributed by atoms with Gasteiger partial charge in [0.05, 0.1) is 0 Å². The number of rotatable bonds is 56. The highest BCUT2D eigenvalue weighted by molar-refractivity contribution is 5.71. The topological polar surface area (TPSA) is 78.9 Å². The highest BCUT2D eigenvalue weighted by atomic mass is 16.6. The summed E-state index contributed by atoms with van der Waals surface area (Å²) in [4.78, 5) is 38.2. The minimum absolute atomic E-state index is 0.0742. The van der Waals surface area contributed by atoms with Crippen LogP contribution in [-0.4, -0.2) is 37.2 Å². The van der Waals surface area contributed by atoms with Crippen molar-refractivity contribution < 1.29 is 28.6 Å². The summed E-state index contributed by atoms with van der Waals surface area (Å²) in [5.41, 5.74) is 0. The van der Waals surface area contributed by atoms with Crippen LogP contribution in [0.3, 0.4) is 0 Å². The molecular weight excluding hydrogens is 865 g/mol. The Kier molecular flexibility index (Phi) is 56.7. The van der Waals surface area contributed by atoms with Gasteiger partial charge in [0.25, 0.3) is 0 Å². The zero-order valence-electron chi connectivity index (χ0n) is 46.8. The monoisotopic (exact) mass is 981 g/mol. The maximum absolute atomic E-state index is 12.9. The molecule has 0 aliphatic heterocycles. The number of allylic oxidation sites excluding steroid dienone is 8. The average Bonchev–Trinajstić information content (AvgIpc) is 3.36. The lowest BCUT2D eigenvalue weighted by atomic mass is 10.0. The van der Waals surface area contributed by atoms with Gasteiger partial charge in [-0.25, -0.2) is 0 Å². The van der Waals surface area contributed by atoms with E-state index in [2.05, 4.69) is 69.4 Å². The first kappa shape index (κ1) is 67.4. The molecule has 408 valence electrons. The number of hydrogen-bond acceptors (Lipinski definition) is 6. The van der Waals surface area contributed by atoms with Gasteiger partial charge in [-0.2, -0.15) is 0 Å². The zero-order valence-corrected chi connectivity index (χ0v) is 46.8. The summed E-state index contributed by atoms with van der Waals surface area (Å²) in [5.74, 6) is -0.871. The third kappa shape index (κ3) is 56.3. The number of esters is 3. The summed E-state index contributed by atoms with van der Waals surface area (Å²) < 4.78 is 16.9. The molecule has 1 unspecified atom stereocenters. The van der Waals surface area contributed by atoms with Gasteiger partial charge < -0.3 is 14.2 Å². The van der Waals surface area contributed by atoms with Crippen molar-refractivity contribution in [1.82, 2.24) is 0 Å². The van der Waals surface area contributed by atoms with Gasteiger partial charge in [0.15, 0.2) is 6.10 Å². The smallest absolute Gasteiger partial charge is 0.306 e. The summed E-state index contributed by atoms with van der Waals surface area (Å²) in [6.07, 6.45) is 72.5. The van der Waals surface area contributed by atoms with E-state index in [1.165, 1.54) is 205 Å². The van der Waals surface area contributed by atoms with Crippen molar-refractivity contribution in [1.29, 1.82) is 0 Å². The van der Waals surface area contributed by atoms with Crippen molar-refractivity contribution in [2.45, 2.75) is 329 Å². The van der Waals surface area contributed by atoms with Crippen LogP contribution in [0.15, 0.2) is 48.6 Å². The Bertz CT molecular complexity index is 1220. The lowest BCUT2D eigenvalue weighted by molar-refractivity contribution is -0.167. The van der Waals surface area contributed by atoms with Gasteiger partial charge in [-0.1, -0.05) is 268 Å².